The van der Waals surface area contributed by atoms with E-state index < -0.39 is 0 Å². The summed E-state index contributed by atoms with van der Waals surface area (Å²) in [6.45, 7) is 6.13. The molecule has 152 valence electrons. The molecule has 0 atom stereocenters. The fourth-order valence-electron chi connectivity index (χ4n) is 3.00. The maximum absolute atomic E-state index is 11.7. The quantitative estimate of drug-likeness (QED) is 0.488. The van der Waals surface area contributed by atoms with Crippen LogP contribution in [-0.4, -0.2) is 34.6 Å². The van der Waals surface area contributed by atoms with E-state index in [0.717, 1.165) is 27.3 Å². The molecular weight excluding hydrogens is 400 g/mol. The minimum absolute atomic E-state index is 0.0193. The lowest BCUT2D eigenvalue weighted by molar-refractivity contribution is -0.118. The van der Waals surface area contributed by atoms with E-state index >= 15 is 0 Å². The molecule has 0 radical (unpaired) electrons. The predicted molar refractivity (Wildman–Crippen MR) is 118 cm³/mol. The van der Waals surface area contributed by atoms with E-state index in [9.17, 15) is 9.90 Å². The first kappa shape index (κ1) is 19.7. The highest BCUT2D eigenvalue weighted by Gasteiger charge is 2.18. The highest BCUT2D eigenvalue weighted by atomic mass is 32.1. The Morgan fingerprint density at radius 1 is 1.33 bits per heavy atom. The lowest BCUT2D eigenvalue weighted by atomic mass is 10.1. The molecule has 1 aliphatic rings. The molecule has 30 heavy (non-hydrogen) atoms. The number of fused-ring (bicyclic) bond motifs is 1. The Bertz CT molecular complexity index is 1210. The van der Waals surface area contributed by atoms with Crippen molar-refractivity contribution < 1.29 is 14.6 Å². The summed E-state index contributed by atoms with van der Waals surface area (Å²) in [6.07, 6.45) is 1.73. The number of hydrogen-bond donors (Lipinski definition) is 2. The van der Waals surface area contributed by atoms with Crippen LogP contribution in [0.25, 0.3) is 11.3 Å². The number of ether oxygens (including phenoxy) is 1. The Morgan fingerprint density at radius 2 is 2.13 bits per heavy atom. The molecule has 0 unspecified atom stereocenters. The van der Waals surface area contributed by atoms with Crippen LogP contribution < -0.4 is 14.9 Å². The van der Waals surface area contributed by atoms with Crippen LogP contribution in [0.2, 0.25) is 0 Å². The van der Waals surface area contributed by atoms with E-state index in [0.29, 0.717) is 18.0 Å². The summed E-state index contributed by atoms with van der Waals surface area (Å²) in [5, 5.41) is 19.1. The monoisotopic (exact) mass is 420 g/mol. The molecule has 1 aliphatic heterocycles. The second kappa shape index (κ2) is 8.38. The maximum atomic E-state index is 11.7. The van der Waals surface area contributed by atoms with Gasteiger partial charge in [0.15, 0.2) is 6.61 Å². The zero-order chi connectivity index (χ0) is 21.1. The Labute approximate surface area is 177 Å². The van der Waals surface area contributed by atoms with E-state index in [1.54, 1.807) is 22.9 Å². The summed E-state index contributed by atoms with van der Waals surface area (Å²) >= 11 is 1.47. The van der Waals surface area contributed by atoms with E-state index in [1.165, 1.54) is 11.3 Å². The van der Waals surface area contributed by atoms with E-state index in [1.807, 2.05) is 42.6 Å². The minimum Gasteiger partial charge on any atom is -0.508 e. The second-order valence-electron chi connectivity index (χ2n) is 6.62. The molecule has 7 nitrogen and oxygen atoms in total. The van der Waals surface area contributed by atoms with Gasteiger partial charge in [-0.25, -0.2) is 4.68 Å². The van der Waals surface area contributed by atoms with Crippen LogP contribution in [0.1, 0.15) is 12.5 Å². The van der Waals surface area contributed by atoms with Crippen LogP contribution in [0.3, 0.4) is 0 Å². The van der Waals surface area contributed by atoms with Gasteiger partial charge in [0.1, 0.15) is 11.5 Å². The number of carbonyl (C=O) groups is 1. The number of carbonyl (C=O) groups excluding carboxylic acids is 1. The van der Waals surface area contributed by atoms with E-state index in [4.69, 9.17) is 9.84 Å². The van der Waals surface area contributed by atoms with Gasteiger partial charge in [0, 0.05) is 10.9 Å². The Morgan fingerprint density at radius 3 is 2.90 bits per heavy atom. The number of rotatable bonds is 5. The van der Waals surface area contributed by atoms with Crippen molar-refractivity contribution in [2.45, 2.75) is 6.92 Å². The van der Waals surface area contributed by atoms with Crippen LogP contribution in [0.15, 0.2) is 70.6 Å². The van der Waals surface area contributed by atoms with Crippen molar-refractivity contribution in [1.29, 1.82) is 0 Å². The van der Waals surface area contributed by atoms with Gasteiger partial charge in [-0.15, -0.1) is 17.9 Å². The number of amides is 1. The predicted octanol–water partition coefficient (Wildman–Crippen LogP) is 3.61. The van der Waals surface area contributed by atoms with Crippen molar-refractivity contribution in [3.8, 4) is 22.8 Å². The summed E-state index contributed by atoms with van der Waals surface area (Å²) < 4.78 is 7.23. The minimum atomic E-state index is -0.180. The van der Waals surface area contributed by atoms with Crippen molar-refractivity contribution in [1.82, 2.24) is 4.68 Å². The summed E-state index contributed by atoms with van der Waals surface area (Å²) in [6, 6.07) is 12.5. The summed E-state index contributed by atoms with van der Waals surface area (Å²) in [5.41, 5.74) is 3.99. The molecule has 0 fully saturated rings. The maximum Gasteiger partial charge on any atom is 0.262 e. The SMILES string of the molecule is C=CCN=c1scc(-c2ccc3c(c2)NC(=O)CO3)n1N=C(C)c1ccc(O)cc1. The van der Waals surface area contributed by atoms with Gasteiger partial charge in [0.05, 0.1) is 23.6 Å². The summed E-state index contributed by atoms with van der Waals surface area (Å²) in [7, 11) is 0. The van der Waals surface area contributed by atoms with Crippen LogP contribution in [-0.2, 0) is 4.79 Å². The Kier molecular flexibility index (Phi) is 5.49. The standard InChI is InChI=1S/C22H20N4O3S/c1-3-10-23-22-26(25-14(2)15-4-7-17(27)8-5-15)19(13-30-22)16-6-9-20-18(11-16)24-21(28)12-29-20/h3-9,11,13,27H,1,10,12H2,2H3,(H,24,28). The van der Waals surface area contributed by atoms with Gasteiger partial charge >= 0.3 is 0 Å². The third-order valence-corrected chi connectivity index (χ3v) is 5.34. The molecule has 2 aromatic carbocycles. The summed E-state index contributed by atoms with van der Waals surface area (Å²) in [4.78, 5) is 17.0. The second-order valence-corrected chi connectivity index (χ2v) is 7.46. The number of anilines is 1. The van der Waals surface area contributed by atoms with E-state index in [2.05, 4.69) is 16.9 Å². The average molecular weight is 420 g/mol. The van der Waals surface area contributed by atoms with Gasteiger partial charge in [-0.3, -0.25) is 9.79 Å². The van der Waals surface area contributed by atoms with Crippen molar-refractivity contribution in [2.24, 2.45) is 10.1 Å². The lowest BCUT2D eigenvalue weighted by Crippen LogP contribution is -2.25. The molecule has 4 rings (SSSR count). The molecular formula is C22H20N4O3S. The van der Waals surface area contributed by atoms with Gasteiger partial charge in [-0.2, -0.15) is 5.10 Å². The third kappa shape index (κ3) is 4.04. The molecule has 0 aliphatic carbocycles. The molecule has 0 saturated carbocycles. The molecule has 2 N–H and O–H groups in total. The fraction of sp³-hybridized carbons (Fsp3) is 0.136. The first-order valence-electron chi connectivity index (χ1n) is 9.29. The van der Waals surface area contributed by atoms with Gasteiger partial charge in [-0.1, -0.05) is 6.08 Å². The van der Waals surface area contributed by atoms with E-state index in [-0.39, 0.29) is 18.3 Å². The number of hydrogen-bond acceptors (Lipinski definition) is 6. The Hall–Kier alpha value is -3.65. The largest absolute Gasteiger partial charge is 0.508 e. The van der Waals surface area contributed by atoms with Crippen molar-refractivity contribution in [2.75, 3.05) is 18.5 Å². The molecule has 0 saturated heterocycles. The highest BCUT2D eigenvalue weighted by Crippen LogP contribution is 2.33. The number of phenolic OH excluding ortho intramolecular Hbond substituents is 1. The lowest BCUT2D eigenvalue weighted by Gasteiger charge is -2.18. The van der Waals surface area contributed by atoms with Gasteiger partial charge in [0.25, 0.3) is 5.91 Å². The summed E-state index contributed by atoms with van der Waals surface area (Å²) in [5.74, 6) is 0.664. The zero-order valence-corrected chi connectivity index (χ0v) is 17.1. The zero-order valence-electron chi connectivity index (χ0n) is 16.3. The van der Waals surface area contributed by atoms with Crippen molar-refractivity contribution >= 4 is 28.6 Å². The molecule has 1 amide bonds. The number of benzene rings is 2. The number of aromatic nitrogens is 1. The fourth-order valence-corrected chi connectivity index (χ4v) is 3.84. The topological polar surface area (TPSA) is 88.2 Å². The number of nitrogens with zero attached hydrogens (tertiary/aromatic N) is 3. The molecule has 3 aromatic rings. The van der Waals surface area contributed by atoms with Crippen molar-refractivity contribution in [3.63, 3.8) is 0 Å². The van der Waals surface area contributed by atoms with Crippen molar-refractivity contribution in [3.05, 3.63) is 70.9 Å². The molecule has 0 bridgehead atoms. The average Bonchev–Trinajstić information content (AvgIpc) is 3.14. The first-order valence-corrected chi connectivity index (χ1v) is 10.2. The third-order valence-electron chi connectivity index (χ3n) is 4.48. The highest BCUT2D eigenvalue weighted by molar-refractivity contribution is 7.07. The van der Waals surface area contributed by atoms with Gasteiger partial charge in [0.2, 0.25) is 4.80 Å². The van der Waals surface area contributed by atoms with Crippen LogP contribution >= 0.6 is 11.3 Å². The molecule has 1 aromatic heterocycles. The number of nitrogens with one attached hydrogen (secondary N) is 1. The molecule has 8 heteroatoms. The van der Waals surface area contributed by atoms with Crippen LogP contribution in [0, 0.1) is 0 Å². The number of aromatic hydroxyl groups is 1. The normalized spacial score (nSPS) is 14.1. The molecule has 2 heterocycles. The Balaban J connectivity index is 1.82. The van der Waals surface area contributed by atoms with Gasteiger partial charge in [-0.05, 0) is 55.0 Å². The van der Waals surface area contributed by atoms with Gasteiger partial charge < -0.3 is 15.2 Å². The smallest absolute Gasteiger partial charge is 0.262 e. The van der Waals surface area contributed by atoms with Crippen LogP contribution in [0.4, 0.5) is 5.69 Å². The molecule has 0 spiro atoms. The number of thiazole rings is 1. The number of phenols is 1. The first-order chi connectivity index (χ1) is 14.5. The van der Waals surface area contributed by atoms with Crippen LogP contribution in [0.5, 0.6) is 11.5 Å².